The normalized spacial score (nSPS) is 11.5. The molecule has 138 valence electrons. The first kappa shape index (κ1) is 21.0. The molecule has 0 atom stereocenters. The Labute approximate surface area is 156 Å². The summed E-state index contributed by atoms with van der Waals surface area (Å²) < 4.78 is 10.6. The molecule has 0 unspecified atom stereocenters. The van der Waals surface area contributed by atoms with Gasteiger partial charge in [0.25, 0.3) is 6.47 Å². The molecule has 0 spiro atoms. The average molecular weight is 413 g/mol. The number of anilines is 1. The molecule has 0 bridgehead atoms. The number of esters is 1. The lowest BCUT2D eigenvalue weighted by molar-refractivity contribution is -0.138. The van der Waals surface area contributed by atoms with Gasteiger partial charge in [0.15, 0.2) is 0 Å². The largest absolute Gasteiger partial charge is 0.462 e. The fourth-order valence-electron chi connectivity index (χ4n) is 1.79. The first-order chi connectivity index (χ1) is 11.3. The molecule has 0 aliphatic heterocycles. The quantitative estimate of drug-likeness (QED) is 0.561. The number of ether oxygens (including phenoxy) is 2. The van der Waals surface area contributed by atoms with Crippen LogP contribution in [0.2, 0.25) is 0 Å². The number of hydrogen-bond donors (Lipinski definition) is 2. The van der Waals surface area contributed by atoms with Crippen LogP contribution in [0.25, 0.3) is 10.9 Å². The summed E-state index contributed by atoms with van der Waals surface area (Å²) in [6.07, 6.45) is 0. The van der Waals surface area contributed by atoms with Crippen molar-refractivity contribution in [3.63, 3.8) is 0 Å². The third kappa shape index (κ3) is 6.78. The van der Waals surface area contributed by atoms with Crippen molar-refractivity contribution >= 4 is 45.1 Å². The Morgan fingerprint density at radius 2 is 1.76 bits per heavy atom. The Hall–Kier alpha value is -2.02. The molecule has 1 aromatic heterocycles. The number of halogens is 1. The molecule has 0 amide bonds. The summed E-state index contributed by atoms with van der Waals surface area (Å²) in [5.41, 5.74) is 6.34. The number of nitrogens with two attached hydrogens (primary N) is 1. The lowest BCUT2D eigenvalue weighted by Gasteiger charge is -2.19. The van der Waals surface area contributed by atoms with Gasteiger partial charge in [-0.25, -0.2) is 4.79 Å². The number of carbonyl (C=O) groups excluding carboxylic acids is 2. The number of aromatic amines is 1. The number of aromatic nitrogens is 1. The second-order valence-electron chi connectivity index (χ2n) is 7.44. The third-order valence-electron chi connectivity index (χ3n) is 2.80. The number of hydrogen-bond acceptors (Lipinski definition) is 5. The molecule has 7 heteroatoms. The molecular formula is C18H25BrN2O4. The third-order valence-corrected chi connectivity index (χ3v) is 3.65. The van der Waals surface area contributed by atoms with Crippen LogP contribution >= 0.6 is 15.9 Å². The standard InChI is InChI=1S/C13H15BrN2O2.C5H10O2/c1-13(2,3)18-12(17)7-4-5-9-8(6-7)10(14)11(15)16-9;1-5(2,3)7-4-6/h4-6,16H,15H2,1-3H3;4H,1-3H3. The van der Waals surface area contributed by atoms with Gasteiger partial charge in [-0.2, -0.15) is 0 Å². The minimum Gasteiger partial charge on any atom is -0.462 e. The molecule has 0 saturated carbocycles. The van der Waals surface area contributed by atoms with Crippen molar-refractivity contribution in [2.24, 2.45) is 0 Å². The van der Waals surface area contributed by atoms with Crippen molar-refractivity contribution in [1.29, 1.82) is 0 Å². The van der Waals surface area contributed by atoms with E-state index in [1.54, 1.807) is 12.1 Å². The van der Waals surface area contributed by atoms with Crippen LogP contribution in [0, 0.1) is 0 Å². The zero-order chi connectivity index (χ0) is 19.4. The van der Waals surface area contributed by atoms with Crippen molar-refractivity contribution in [2.75, 3.05) is 5.73 Å². The van der Waals surface area contributed by atoms with Crippen LogP contribution in [-0.2, 0) is 14.3 Å². The first-order valence-corrected chi connectivity index (χ1v) is 8.55. The van der Waals surface area contributed by atoms with E-state index in [2.05, 4.69) is 25.7 Å². The second-order valence-corrected chi connectivity index (χ2v) is 8.23. The molecule has 2 rings (SSSR count). The lowest BCUT2D eigenvalue weighted by atomic mass is 10.1. The van der Waals surface area contributed by atoms with Gasteiger partial charge in [0.05, 0.1) is 10.0 Å². The highest BCUT2D eigenvalue weighted by Gasteiger charge is 2.18. The molecule has 3 N–H and O–H groups in total. The summed E-state index contributed by atoms with van der Waals surface area (Å²) >= 11 is 3.39. The van der Waals surface area contributed by atoms with Gasteiger partial charge in [-0.3, -0.25) is 4.79 Å². The molecule has 1 heterocycles. The molecule has 0 saturated heterocycles. The van der Waals surface area contributed by atoms with Crippen LogP contribution < -0.4 is 5.73 Å². The van der Waals surface area contributed by atoms with Crippen LogP contribution in [0.5, 0.6) is 0 Å². The maximum Gasteiger partial charge on any atom is 0.338 e. The van der Waals surface area contributed by atoms with E-state index >= 15 is 0 Å². The Balaban J connectivity index is 0.000000381. The number of H-pyrrole nitrogens is 1. The zero-order valence-corrected chi connectivity index (χ0v) is 17.0. The van der Waals surface area contributed by atoms with Crippen molar-refractivity contribution in [3.05, 3.63) is 28.2 Å². The van der Waals surface area contributed by atoms with E-state index in [9.17, 15) is 9.59 Å². The van der Waals surface area contributed by atoms with Gasteiger partial charge in [0, 0.05) is 10.9 Å². The highest BCUT2D eigenvalue weighted by atomic mass is 79.9. The van der Waals surface area contributed by atoms with E-state index in [1.165, 1.54) is 0 Å². The van der Waals surface area contributed by atoms with Crippen LogP contribution in [0.1, 0.15) is 51.9 Å². The van der Waals surface area contributed by atoms with Crippen molar-refractivity contribution in [2.45, 2.75) is 52.7 Å². The number of nitrogen functional groups attached to an aromatic ring is 1. The Bertz CT molecular complexity index is 755. The van der Waals surface area contributed by atoms with Gasteiger partial charge in [0.1, 0.15) is 17.0 Å². The highest BCUT2D eigenvalue weighted by Crippen LogP contribution is 2.30. The number of benzene rings is 1. The smallest absolute Gasteiger partial charge is 0.338 e. The number of fused-ring (bicyclic) bond motifs is 1. The first-order valence-electron chi connectivity index (χ1n) is 7.75. The van der Waals surface area contributed by atoms with Crippen LogP contribution in [0.15, 0.2) is 22.7 Å². The SMILES string of the molecule is CC(C)(C)OC(=O)c1ccc2[nH]c(N)c(Br)c2c1.CC(C)(C)OC=O. The van der Waals surface area contributed by atoms with E-state index in [0.717, 1.165) is 15.4 Å². The van der Waals surface area contributed by atoms with E-state index in [-0.39, 0.29) is 11.6 Å². The summed E-state index contributed by atoms with van der Waals surface area (Å²) in [6, 6.07) is 5.30. The maximum absolute atomic E-state index is 11.9. The molecule has 0 radical (unpaired) electrons. The lowest BCUT2D eigenvalue weighted by Crippen LogP contribution is -2.23. The minimum atomic E-state index is -0.500. The molecule has 25 heavy (non-hydrogen) atoms. The Morgan fingerprint density at radius 1 is 1.16 bits per heavy atom. The van der Waals surface area contributed by atoms with E-state index < -0.39 is 5.60 Å². The van der Waals surface area contributed by atoms with Crippen molar-refractivity contribution in [3.8, 4) is 0 Å². The van der Waals surface area contributed by atoms with Crippen molar-refractivity contribution < 1.29 is 19.1 Å². The molecular weight excluding hydrogens is 388 g/mol. The fraction of sp³-hybridized carbons (Fsp3) is 0.444. The highest BCUT2D eigenvalue weighted by molar-refractivity contribution is 9.10. The summed E-state index contributed by atoms with van der Waals surface area (Å²) in [5.74, 6) is 0.211. The molecule has 6 nitrogen and oxygen atoms in total. The minimum absolute atomic E-state index is 0.318. The van der Waals surface area contributed by atoms with E-state index in [0.29, 0.717) is 17.9 Å². The van der Waals surface area contributed by atoms with Gasteiger partial charge in [-0.15, -0.1) is 0 Å². The maximum atomic E-state index is 11.9. The van der Waals surface area contributed by atoms with Gasteiger partial charge in [-0.05, 0) is 75.7 Å². The summed E-state index contributed by atoms with van der Waals surface area (Å²) in [4.78, 5) is 24.6. The molecule has 1 aromatic carbocycles. The average Bonchev–Trinajstić information content (AvgIpc) is 2.71. The predicted octanol–water partition coefficient (Wildman–Crippen LogP) is 4.43. The van der Waals surface area contributed by atoms with Crippen LogP contribution in [-0.4, -0.2) is 28.6 Å². The van der Waals surface area contributed by atoms with Gasteiger partial charge >= 0.3 is 5.97 Å². The van der Waals surface area contributed by atoms with E-state index in [1.807, 2.05) is 47.6 Å². The molecule has 0 fully saturated rings. The summed E-state index contributed by atoms with van der Waals surface area (Å²) in [7, 11) is 0. The van der Waals surface area contributed by atoms with Crippen LogP contribution in [0.4, 0.5) is 5.82 Å². The Kier molecular flexibility index (Phi) is 6.65. The van der Waals surface area contributed by atoms with Gasteiger partial charge in [-0.1, -0.05) is 0 Å². The molecule has 0 aliphatic rings. The topological polar surface area (TPSA) is 94.4 Å². The zero-order valence-electron chi connectivity index (χ0n) is 15.4. The predicted molar refractivity (Wildman–Crippen MR) is 102 cm³/mol. The molecule has 2 aromatic rings. The molecule has 0 aliphatic carbocycles. The number of carbonyl (C=O) groups is 2. The van der Waals surface area contributed by atoms with Gasteiger partial charge in [0.2, 0.25) is 0 Å². The number of rotatable bonds is 2. The van der Waals surface area contributed by atoms with Gasteiger partial charge < -0.3 is 20.2 Å². The second kappa shape index (κ2) is 7.91. The van der Waals surface area contributed by atoms with Crippen LogP contribution in [0.3, 0.4) is 0 Å². The van der Waals surface area contributed by atoms with E-state index in [4.69, 9.17) is 10.5 Å². The summed E-state index contributed by atoms with van der Waals surface area (Å²) in [5, 5.41) is 0.871. The Morgan fingerprint density at radius 3 is 2.20 bits per heavy atom. The fourth-order valence-corrected chi connectivity index (χ4v) is 2.22. The summed E-state index contributed by atoms with van der Waals surface area (Å²) in [6.45, 7) is 11.4. The monoisotopic (exact) mass is 412 g/mol. The van der Waals surface area contributed by atoms with Crippen molar-refractivity contribution in [1.82, 2.24) is 4.98 Å². The number of nitrogens with one attached hydrogen (secondary N) is 1.